The number of nitrogens with two attached hydrogens (primary N) is 1. The number of hydrogen-bond donors (Lipinski definition) is 4. The molecular formula is C29H26F4N4O5. The summed E-state index contributed by atoms with van der Waals surface area (Å²) < 4.78 is 68.4. The van der Waals surface area contributed by atoms with Crippen LogP contribution in [-0.2, 0) is 15.8 Å². The molecule has 42 heavy (non-hydrogen) atoms. The van der Waals surface area contributed by atoms with Crippen molar-refractivity contribution in [2.75, 3.05) is 19.8 Å². The first-order chi connectivity index (χ1) is 19.8. The first-order valence-electron chi connectivity index (χ1n) is 12.8. The van der Waals surface area contributed by atoms with Crippen LogP contribution < -0.4 is 20.5 Å². The molecule has 0 saturated carbocycles. The second kappa shape index (κ2) is 10.3. The molecule has 0 fully saturated rings. The van der Waals surface area contributed by atoms with Crippen LogP contribution in [0.3, 0.4) is 0 Å². The fourth-order valence-corrected chi connectivity index (χ4v) is 4.73. The van der Waals surface area contributed by atoms with E-state index in [1.165, 1.54) is 25.1 Å². The van der Waals surface area contributed by atoms with E-state index in [-0.39, 0.29) is 34.9 Å². The number of primary amides is 1. The Bertz CT molecular complexity index is 1690. The quantitative estimate of drug-likeness (QED) is 0.230. The van der Waals surface area contributed by atoms with E-state index in [2.05, 4.69) is 15.3 Å². The summed E-state index contributed by atoms with van der Waals surface area (Å²) in [6, 6.07) is 12.0. The fourth-order valence-electron chi connectivity index (χ4n) is 4.73. The number of fused-ring (bicyclic) bond motifs is 2. The molecule has 5 N–H and O–H groups in total. The summed E-state index contributed by atoms with van der Waals surface area (Å²) in [6.45, 7) is 2.01. The maximum absolute atomic E-state index is 14.6. The topological polar surface area (TPSA) is 140 Å². The highest BCUT2D eigenvalue weighted by Crippen LogP contribution is 2.47. The van der Waals surface area contributed by atoms with Crippen LogP contribution in [0, 0.1) is 5.82 Å². The van der Waals surface area contributed by atoms with E-state index in [0.29, 0.717) is 23.3 Å². The lowest BCUT2D eigenvalue weighted by molar-refractivity contribution is -0.265. The number of nitrogens with one attached hydrogen (secondary N) is 2. The van der Waals surface area contributed by atoms with Gasteiger partial charge in [0.2, 0.25) is 11.5 Å². The van der Waals surface area contributed by atoms with Gasteiger partial charge < -0.3 is 30.6 Å². The molecule has 2 amide bonds. The number of hydrogen-bond acceptors (Lipinski definition) is 6. The van der Waals surface area contributed by atoms with Gasteiger partial charge in [0.1, 0.15) is 40.7 Å². The maximum atomic E-state index is 14.6. The third kappa shape index (κ3) is 4.89. The molecule has 0 radical (unpaired) electrons. The number of aromatic amines is 1. The molecule has 1 unspecified atom stereocenters. The van der Waals surface area contributed by atoms with Crippen LogP contribution in [0.15, 0.2) is 54.6 Å². The number of alkyl halides is 3. The Morgan fingerprint density at radius 1 is 1.17 bits per heavy atom. The molecule has 1 aliphatic heterocycles. The summed E-state index contributed by atoms with van der Waals surface area (Å²) in [6.07, 6.45) is -5.34. The normalized spacial score (nSPS) is 17.8. The van der Waals surface area contributed by atoms with E-state index < -0.39 is 47.1 Å². The third-order valence-electron chi connectivity index (χ3n) is 7.28. The minimum Gasteiger partial charge on any atom is -0.494 e. The number of rotatable bonds is 8. The SMILES string of the molecule is CCOc1ccc2[nH]c(C(=O)NCC(O)(c3cc4c(c(-c5ccc(F)cc5)n3)OC[C@]4(C)C(N)=O)C(F)(F)F)cc2c1. The van der Waals surface area contributed by atoms with Crippen LogP contribution in [-0.4, -0.2) is 52.8 Å². The number of pyridine rings is 1. The standard InChI is InChI=1S/C29H26F4N4O5/c1-3-41-18-8-9-20-16(10-18)11-21(36-20)25(38)35-13-28(40,29(31,32)33)22-12-19-24(42-14-27(19,2)26(34)39)23(37-22)15-4-6-17(30)7-5-15/h4-12,36,40H,3,13-14H2,1-2H3,(H2,34,39)(H,35,38)/t27-,28?/m0/s1. The molecule has 2 aromatic heterocycles. The summed E-state index contributed by atoms with van der Waals surface area (Å²) in [4.78, 5) is 32.2. The number of amides is 2. The smallest absolute Gasteiger partial charge is 0.424 e. The number of benzene rings is 2. The molecule has 220 valence electrons. The number of aliphatic hydroxyl groups is 1. The summed E-state index contributed by atoms with van der Waals surface area (Å²) >= 11 is 0. The maximum Gasteiger partial charge on any atom is 0.424 e. The van der Waals surface area contributed by atoms with E-state index in [1.807, 2.05) is 6.92 Å². The van der Waals surface area contributed by atoms with Gasteiger partial charge in [0.25, 0.3) is 5.91 Å². The molecule has 4 aromatic rings. The summed E-state index contributed by atoms with van der Waals surface area (Å²) in [5, 5.41) is 13.9. The molecule has 9 nitrogen and oxygen atoms in total. The van der Waals surface area contributed by atoms with Gasteiger partial charge in [0.05, 0.1) is 18.8 Å². The summed E-state index contributed by atoms with van der Waals surface area (Å²) in [5.74, 6) is -1.87. The van der Waals surface area contributed by atoms with Crippen molar-refractivity contribution >= 4 is 22.7 Å². The Hall–Kier alpha value is -4.65. The zero-order chi connectivity index (χ0) is 30.4. The molecule has 0 bridgehead atoms. The number of nitrogens with zero attached hydrogens (tertiary/aromatic N) is 1. The van der Waals surface area contributed by atoms with Gasteiger partial charge in [0.15, 0.2) is 0 Å². The number of carbonyl (C=O) groups is 2. The van der Waals surface area contributed by atoms with Crippen LogP contribution in [0.5, 0.6) is 11.5 Å². The van der Waals surface area contributed by atoms with Gasteiger partial charge in [-0.2, -0.15) is 13.2 Å². The van der Waals surface area contributed by atoms with Crippen LogP contribution >= 0.6 is 0 Å². The van der Waals surface area contributed by atoms with Gasteiger partial charge in [-0.3, -0.25) is 9.59 Å². The van der Waals surface area contributed by atoms with Crippen molar-refractivity contribution in [2.45, 2.75) is 31.0 Å². The van der Waals surface area contributed by atoms with Gasteiger partial charge in [-0.25, -0.2) is 9.37 Å². The van der Waals surface area contributed by atoms with Crippen molar-refractivity contribution in [3.05, 3.63) is 77.4 Å². The van der Waals surface area contributed by atoms with E-state index in [4.69, 9.17) is 15.2 Å². The van der Waals surface area contributed by atoms with E-state index in [1.54, 1.807) is 18.2 Å². The summed E-state index contributed by atoms with van der Waals surface area (Å²) in [7, 11) is 0. The Labute approximate surface area is 236 Å². The average Bonchev–Trinajstić information content (AvgIpc) is 3.53. The minimum atomic E-state index is -5.34. The van der Waals surface area contributed by atoms with Crippen molar-refractivity contribution in [1.29, 1.82) is 0 Å². The number of carbonyl (C=O) groups excluding carboxylic acids is 2. The highest BCUT2D eigenvalue weighted by atomic mass is 19.4. The number of halogens is 4. The molecule has 13 heteroatoms. The molecule has 2 aromatic carbocycles. The highest BCUT2D eigenvalue weighted by molar-refractivity contribution is 5.98. The number of H-pyrrole nitrogens is 1. The van der Waals surface area contributed by atoms with Crippen LogP contribution in [0.25, 0.3) is 22.2 Å². The lowest BCUT2D eigenvalue weighted by atomic mass is 9.81. The Balaban J connectivity index is 1.55. The first kappa shape index (κ1) is 28.9. The van der Waals surface area contributed by atoms with Gasteiger partial charge in [0, 0.05) is 22.0 Å². The molecule has 0 spiro atoms. The van der Waals surface area contributed by atoms with E-state index in [9.17, 15) is 32.3 Å². The lowest BCUT2D eigenvalue weighted by Gasteiger charge is -2.31. The van der Waals surface area contributed by atoms with Crippen molar-refractivity contribution in [3.8, 4) is 22.8 Å². The largest absolute Gasteiger partial charge is 0.494 e. The number of aromatic nitrogens is 2. The predicted octanol–water partition coefficient (Wildman–Crippen LogP) is 4.08. The lowest BCUT2D eigenvalue weighted by Crippen LogP contribution is -2.52. The van der Waals surface area contributed by atoms with E-state index in [0.717, 1.165) is 18.2 Å². The van der Waals surface area contributed by atoms with Crippen molar-refractivity contribution < 1.29 is 41.7 Å². The van der Waals surface area contributed by atoms with Gasteiger partial charge in [-0.1, -0.05) is 0 Å². The highest BCUT2D eigenvalue weighted by Gasteiger charge is 2.57. The molecular weight excluding hydrogens is 560 g/mol. The van der Waals surface area contributed by atoms with Crippen LogP contribution in [0.4, 0.5) is 17.6 Å². The Kier molecular flexibility index (Phi) is 7.09. The van der Waals surface area contributed by atoms with Gasteiger partial charge in [-0.05, 0) is 68.4 Å². The molecule has 5 rings (SSSR count). The van der Waals surface area contributed by atoms with Crippen molar-refractivity contribution in [2.24, 2.45) is 5.73 Å². The molecule has 1 aliphatic rings. The second-order valence-electron chi connectivity index (χ2n) is 10.1. The average molecular weight is 587 g/mol. The summed E-state index contributed by atoms with van der Waals surface area (Å²) in [5.41, 5.74) is -0.127. The third-order valence-corrected chi connectivity index (χ3v) is 7.28. The minimum absolute atomic E-state index is 0.0234. The molecule has 3 heterocycles. The Morgan fingerprint density at radius 3 is 2.52 bits per heavy atom. The Morgan fingerprint density at radius 2 is 1.88 bits per heavy atom. The first-order valence-corrected chi connectivity index (χ1v) is 12.8. The molecule has 2 atom stereocenters. The zero-order valence-electron chi connectivity index (χ0n) is 22.4. The van der Waals surface area contributed by atoms with Crippen LogP contribution in [0.2, 0.25) is 0 Å². The van der Waals surface area contributed by atoms with E-state index >= 15 is 0 Å². The van der Waals surface area contributed by atoms with Crippen molar-refractivity contribution in [3.63, 3.8) is 0 Å². The number of ether oxygens (including phenoxy) is 2. The van der Waals surface area contributed by atoms with Gasteiger partial charge in [-0.15, -0.1) is 0 Å². The zero-order valence-corrected chi connectivity index (χ0v) is 22.4. The predicted molar refractivity (Wildman–Crippen MR) is 143 cm³/mol. The van der Waals surface area contributed by atoms with Gasteiger partial charge >= 0.3 is 6.18 Å². The monoisotopic (exact) mass is 586 g/mol. The van der Waals surface area contributed by atoms with Crippen molar-refractivity contribution in [1.82, 2.24) is 15.3 Å². The second-order valence-corrected chi connectivity index (χ2v) is 10.1. The molecule has 0 saturated heterocycles. The molecule has 0 aliphatic carbocycles. The van der Waals surface area contributed by atoms with Crippen LogP contribution in [0.1, 0.15) is 35.6 Å². The fraction of sp³-hybridized carbons (Fsp3) is 0.276.